The largest absolute Gasteiger partial charge is 0.495 e. The first-order chi connectivity index (χ1) is 17.0. The molecule has 7 nitrogen and oxygen atoms in total. The lowest BCUT2D eigenvalue weighted by Crippen LogP contribution is -2.38. The number of hydrogen-bond acceptors (Lipinski definition) is 5. The molecule has 1 aromatic carbocycles. The quantitative estimate of drug-likeness (QED) is 0.372. The maximum Gasteiger partial charge on any atom is 0.306 e. The van der Waals surface area contributed by atoms with Crippen molar-refractivity contribution in [3.63, 3.8) is 0 Å². The number of benzene rings is 1. The Kier molecular flexibility index (Phi) is 6.55. The maximum absolute atomic E-state index is 13.1. The van der Waals surface area contributed by atoms with Gasteiger partial charge in [-0.25, -0.2) is 0 Å². The van der Waals surface area contributed by atoms with E-state index < -0.39 is 5.97 Å². The van der Waals surface area contributed by atoms with Crippen LogP contribution >= 0.6 is 11.3 Å². The summed E-state index contributed by atoms with van der Waals surface area (Å²) in [5, 5.41) is 14.2. The van der Waals surface area contributed by atoms with Gasteiger partial charge in [0.1, 0.15) is 5.75 Å². The predicted molar refractivity (Wildman–Crippen MR) is 136 cm³/mol. The van der Waals surface area contributed by atoms with E-state index in [-0.39, 0.29) is 17.9 Å². The monoisotopic (exact) mass is 489 g/mol. The fourth-order valence-electron chi connectivity index (χ4n) is 4.74. The molecule has 0 aliphatic heterocycles. The molecule has 0 bridgehead atoms. The molecule has 0 saturated heterocycles. The molecule has 0 spiro atoms. The molecule has 1 aliphatic carbocycles. The van der Waals surface area contributed by atoms with Crippen LogP contribution < -0.4 is 10.1 Å². The Morgan fingerprint density at radius 1 is 1.11 bits per heavy atom. The van der Waals surface area contributed by atoms with Gasteiger partial charge in [-0.2, -0.15) is 0 Å². The molecule has 2 N–H and O–H groups in total. The van der Waals surface area contributed by atoms with Gasteiger partial charge in [0.15, 0.2) is 0 Å². The Bertz CT molecular complexity index is 1350. The first kappa shape index (κ1) is 23.1. The Balaban J connectivity index is 1.30. The second-order valence-corrected chi connectivity index (χ2v) is 9.89. The van der Waals surface area contributed by atoms with Gasteiger partial charge in [-0.15, -0.1) is 11.3 Å². The summed E-state index contributed by atoms with van der Waals surface area (Å²) in [6.07, 6.45) is 8.14. The van der Waals surface area contributed by atoms with Crippen LogP contribution in [0.25, 0.3) is 21.3 Å². The van der Waals surface area contributed by atoms with Gasteiger partial charge in [-0.05, 0) is 48.9 Å². The molecular weight excluding hydrogens is 462 g/mol. The molecule has 3 heterocycles. The minimum absolute atomic E-state index is 0.0232. The number of thiophene rings is 1. The first-order valence-electron chi connectivity index (χ1n) is 11.7. The van der Waals surface area contributed by atoms with E-state index >= 15 is 0 Å². The molecule has 0 radical (unpaired) electrons. The van der Waals surface area contributed by atoms with Gasteiger partial charge in [0.25, 0.3) is 5.91 Å². The maximum atomic E-state index is 13.1. The number of amides is 1. The molecule has 1 fully saturated rings. The number of ether oxygens (including phenoxy) is 1. The van der Waals surface area contributed by atoms with E-state index in [0.717, 1.165) is 32.7 Å². The number of aliphatic carboxylic acids is 1. The lowest BCUT2D eigenvalue weighted by Gasteiger charge is -2.26. The molecule has 1 amide bonds. The molecule has 1 saturated carbocycles. The van der Waals surface area contributed by atoms with E-state index in [0.29, 0.717) is 37.8 Å². The molecule has 180 valence electrons. The molecule has 0 atom stereocenters. The number of fused-ring (bicyclic) bond motifs is 1. The molecule has 5 rings (SSSR count). The van der Waals surface area contributed by atoms with Gasteiger partial charge in [0.05, 0.1) is 35.0 Å². The van der Waals surface area contributed by atoms with Crippen LogP contribution in [0.2, 0.25) is 0 Å². The number of hydrogen-bond donors (Lipinski definition) is 2. The number of methoxy groups -OCH3 is 1. The van der Waals surface area contributed by atoms with Crippen molar-refractivity contribution in [3.8, 4) is 16.9 Å². The normalized spacial score (nSPS) is 17.9. The highest BCUT2D eigenvalue weighted by Crippen LogP contribution is 2.30. The van der Waals surface area contributed by atoms with Crippen LogP contribution in [-0.4, -0.2) is 39.7 Å². The van der Waals surface area contributed by atoms with Gasteiger partial charge in [-0.3, -0.25) is 14.6 Å². The smallest absolute Gasteiger partial charge is 0.306 e. The number of carbonyl (C=O) groups excluding carboxylic acids is 1. The van der Waals surface area contributed by atoms with E-state index in [9.17, 15) is 14.7 Å². The lowest BCUT2D eigenvalue weighted by molar-refractivity contribution is -0.142. The van der Waals surface area contributed by atoms with Crippen molar-refractivity contribution in [1.29, 1.82) is 0 Å². The third-order valence-corrected chi connectivity index (χ3v) is 7.67. The topological polar surface area (TPSA) is 93.5 Å². The fourth-order valence-corrected chi connectivity index (χ4v) is 5.68. The van der Waals surface area contributed by atoms with E-state index in [4.69, 9.17) is 4.74 Å². The van der Waals surface area contributed by atoms with Crippen LogP contribution in [0, 0.1) is 5.92 Å². The summed E-state index contributed by atoms with van der Waals surface area (Å²) >= 11 is 1.56. The number of carboxylic acid groups (broad SMARTS) is 1. The molecule has 0 unspecified atom stereocenters. The Labute approximate surface area is 207 Å². The van der Waals surface area contributed by atoms with Crippen molar-refractivity contribution < 1.29 is 19.4 Å². The zero-order valence-corrected chi connectivity index (χ0v) is 20.3. The summed E-state index contributed by atoms with van der Waals surface area (Å²) < 4.78 is 8.46. The number of nitrogens with zero attached hydrogens (tertiary/aromatic N) is 2. The van der Waals surface area contributed by atoms with Gasteiger partial charge >= 0.3 is 5.97 Å². The van der Waals surface area contributed by atoms with Crippen molar-refractivity contribution in [1.82, 2.24) is 14.9 Å². The molecular formula is C27H27N3O4S. The zero-order chi connectivity index (χ0) is 24.4. The van der Waals surface area contributed by atoms with Gasteiger partial charge in [-0.1, -0.05) is 24.3 Å². The molecule has 8 heteroatoms. The van der Waals surface area contributed by atoms with Crippen LogP contribution in [0.3, 0.4) is 0 Å². The minimum atomic E-state index is -0.736. The summed E-state index contributed by atoms with van der Waals surface area (Å²) in [6, 6.07) is 12.4. The van der Waals surface area contributed by atoms with Crippen LogP contribution in [0.4, 0.5) is 0 Å². The predicted octanol–water partition coefficient (Wildman–Crippen LogP) is 5.19. The second kappa shape index (κ2) is 9.92. The first-order valence-corrected chi connectivity index (χ1v) is 12.6. The number of pyridine rings is 1. The van der Waals surface area contributed by atoms with Gasteiger partial charge in [0.2, 0.25) is 0 Å². The van der Waals surface area contributed by atoms with Gasteiger partial charge in [0, 0.05) is 35.9 Å². The fraction of sp³-hybridized carbons (Fsp3) is 0.296. The van der Waals surface area contributed by atoms with E-state index in [1.807, 2.05) is 29.9 Å². The molecule has 3 aromatic heterocycles. The van der Waals surface area contributed by atoms with Crippen LogP contribution in [0.15, 0.2) is 60.4 Å². The van der Waals surface area contributed by atoms with Crippen molar-refractivity contribution in [2.75, 3.05) is 7.11 Å². The van der Waals surface area contributed by atoms with E-state index in [2.05, 4.69) is 39.1 Å². The van der Waals surface area contributed by atoms with Crippen LogP contribution in [0.1, 0.15) is 41.6 Å². The highest BCUT2D eigenvalue weighted by atomic mass is 32.1. The molecule has 4 aromatic rings. The number of carbonyl (C=O) groups is 2. The number of carboxylic acids is 1. The molecule has 1 aliphatic rings. The Morgan fingerprint density at radius 3 is 2.60 bits per heavy atom. The number of rotatable bonds is 7. The Morgan fingerprint density at radius 2 is 1.89 bits per heavy atom. The van der Waals surface area contributed by atoms with Crippen molar-refractivity contribution in [2.45, 2.75) is 38.3 Å². The SMILES string of the molecule is COc1cncc(-c2ccc(Cn3ccc4scc(C(=O)NC5CCC(C(=O)O)CC5)c43)cc2)c1. The van der Waals surface area contributed by atoms with Crippen LogP contribution in [0.5, 0.6) is 5.75 Å². The number of nitrogens with one attached hydrogen (secondary N) is 1. The van der Waals surface area contributed by atoms with Gasteiger partial charge < -0.3 is 19.7 Å². The van der Waals surface area contributed by atoms with Crippen molar-refractivity contribution in [2.24, 2.45) is 5.92 Å². The van der Waals surface area contributed by atoms with E-state index in [1.165, 1.54) is 0 Å². The lowest BCUT2D eigenvalue weighted by atomic mass is 9.86. The average Bonchev–Trinajstić information content (AvgIpc) is 3.48. The van der Waals surface area contributed by atoms with Crippen molar-refractivity contribution in [3.05, 3.63) is 71.5 Å². The highest BCUT2D eigenvalue weighted by Gasteiger charge is 2.27. The summed E-state index contributed by atoms with van der Waals surface area (Å²) in [7, 11) is 1.63. The summed E-state index contributed by atoms with van der Waals surface area (Å²) in [5.41, 5.74) is 4.80. The van der Waals surface area contributed by atoms with Crippen molar-refractivity contribution >= 4 is 33.4 Å². The van der Waals surface area contributed by atoms with Crippen LogP contribution in [-0.2, 0) is 11.3 Å². The summed E-state index contributed by atoms with van der Waals surface area (Å²) in [5.74, 6) is -0.393. The third-order valence-electron chi connectivity index (χ3n) is 6.73. The average molecular weight is 490 g/mol. The zero-order valence-electron chi connectivity index (χ0n) is 19.4. The minimum Gasteiger partial charge on any atom is -0.495 e. The summed E-state index contributed by atoms with van der Waals surface area (Å²) in [4.78, 5) is 28.5. The second-order valence-electron chi connectivity index (χ2n) is 8.98. The van der Waals surface area contributed by atoms with E-state index in [1.54, 1.807) is 24.6 Å². The Hall–Kier alpha value is -3.65. The highest BCUT2D eigenvalue weighted by molar-refractivity contribution is 7.17. The standard InChI is InChI=1S/C27H27N3O4S/c1-34-22-12-20(13-28-14-22)18-4-2-17(3-5-18)15-30-11-10-24-25(30)23(16-35-24)26(31)29-21-8-6-19(7-9-21)27(32)33/h2-5,10-14,16,19,21H,6-9,15H2,1H3,(H,29,31)(H,32,33). The summed E-state index contributed by atoms with van der Waals surface area (Å²) in [6.45, 7) is 0.654. The molecule has 35 heavy (non-hydrogen) atoms. The number of aromatic nitrogens is 2. The third kappa shape index (κ3) is 4.93.